The van der Waals surface area contributed by atoms with Crippen LogP contribution in [-0.2, 0) is 0 Å². The van der Waals surface area contributed by atoms with E-state index in [1.54, 1.807) is 6.20 Å². The van der Waals surface area contributed by atoms with Crippen LogP contribution in [0.2, 0.25) is 0 Å². The van der Waals surface area contributed by atoms with Gasteiger partial charge >= 0.3 is 0 Å². The number of fused-ring (bicyclic) bond motifs is 1. The number of hydrogen-bond acceptors (Lipinski definition) is 3. The summed E-state index contributed by atoms with van der Waals surface area (Å²) < 4.78 is 0. The summed E-state index contributed by atoms with van der Waals surface area (Å²) >= 11 is 0. The molecule has 2 rings (SSSR count). The van der Waals surface area contributed by atoms with Gasteiger partial charge < -0.3 is 5.11 Å². The molecule has 0 spiro atoms. The van der Waals surface area contributed by atoms with Crippen molar-refractivity contribution in [3.63, 3.8) is 0 Å². The summed E-state index contributed by atoms with van der Waals surface area (Å²) in [6, 6.07) is 9.90. The average molecular weight is 268 g/mol. The van der Waals surface area contributed by atoms with Gasteiger partial charge in [-0.25, -0.2) is 0 Å². The molecule has 0 saturated heterocycles. The number of aromatic nitrogens is 1. The quantitative estimate of drug-likeness (QED) is 0.784. The smallest absolute Gasteiger partial charge is 0.0932 e. The van der Waals surface area contributed by atoms with E-state index in [1.807, 2.05) is 42.5 Å². The Bertz CT molecular complexity index is 584. The molecule has 1 N–H and O–H groups in total. The van der Waals surface area contributed by atoms with Crippen molar-refractivity contribution >= 4 is 10.9 Å². The molecule has 2 aromatic rings. The Morgan fingerprint density at radius 1 is 1.20 bits per heavy atom. The molecule has 1 aromatic carbocycles. The van der Waals surface area contributed by atoms with Crippen LogP contribution in [0.3, 0.4) is 0 Å². The van der Waals surface area contributed by atoms with E-state index in [1.165, 1.54) is 0 Å². The van der Waals surface area contributed by atoms with Gasteiger partial charge in [-0.2, -0.15) is 0 Å². The first-order chi connectivity index (χ1) is 9.74. The second-order valence-electron chi connectivity index (χ2n) is 4.77. The lowest BCUT2D eigenvalue weighted by Gasteiger charge is -2.22. The Morgan fingerprint density at radius 2 is 1.90 bits per heavy atom. The molecular formula is C17H20N2O. The summed E-state index contributed by atoms with van der Waals surface area (Å²) in [5.74, 6) is 0. The highest BCUT2D eigenvalue weighted by Gasteiger charge is 2.12. The topological polar surface area (TPSA) is 36.4 Å². The standard InChI is InChI=1S/C17H20N2O/c1-3-9-19(10-4-2)13-17(20)15-11-14-7-5-6-8-16(14)18-12-15/h3-8,11-12,17,20H,1-2,9-10,13H2. The van der Waals surface area contributed by atoms with E-state index >= 15 is 0 Å². The van der Waals surface area contributed by atoms with Gasteiger partial charge in [0.25, 0.3) is 0 Å². The van der Waals surface area contributed by atoms with E-state index in [0.29, 0.717) is 6.54 Å². The van der Waals surface area contributed by atoms with E-state index in [0.717, 1.165) is 29.6 Å². The molecule has 0 aliphatic carbocycles. The van der Waals surface area contributed by atoms with Crippen molar-refractivity contribution in [2.24, 2.45) is 0 Å². The normalized spacial score (nSPS) is 12.5. The maximum Gasteiger partial charge on any atom is 0.0932 e. The molecule has 0 fully saturated rings. The predicted molar refractivity (Wildman–Crippen MR) is 83.5 cm³/mol. The second-order valence-corrected chi connectivity index (χ2v) is 4.77. The fraction of sp³-hybridized carbons (Fsp3) is 0.235. The van der Waals surface area contributed by atoms with Crippen LogP contribution in [0.25, 0.3) is 10.9 Å². The Hall–Kier alpha value is -1.97. The summed E-state index contributed by atoms with van der Waals surface area (Å²) in [6.07, 6.45) is 4.84. The zero-order valence-corrected chi connectivity index (χ0v) is 11.6. The lowest BCUT2D eigenvalue weighted by molar-refractivity contribution is 0.125. The number of hydrogen-bond donors (Lipinski definition) is 1. The van der Waals surface area contributed by atoms with E-state index in [-0.39, 0.29) is 0 Å². The number of rotatable bonds is 7. The van der Waals surface area contributed by atoms with Gasteiger partial charge in [0.15, 0.2) is 0 Å². The van der Waals surface area contributed by atoms with Crippen molar-refractivity contribution in [2.75, 3.05) is 19.6 Å². The highest BCUT2D eigenvalue weighted by molar-refractivity contribution is 5.78. The summed E-state index contributed by atoms with van der Waals surface area (Å²) in [4.78, 5) is 6.47. The fourth-order valence-corrected chi connectivity index (χ4v) is 2.21. The van der Waals surface area contributed by atoms with Crippen molar-refractivity contribution in [3.8, 4) is 0 Å². The first kappa shape index (κ1) is 14.4. The van der Waals surface area contributed by atoms with Gasteiger partial charge in [0.2, 0.25) is 0 Å². The van der Waals surface area contributed by atoms with Crippen molar-refractivity contribution in [2.45, 2.75) is 6.10 Å². The number of aliphatic hydroxyl groups excluding tert-OH is 1. The van der Waals surface area contributed by atoms with Crippen LogP contribution in [0.4, 0.5) is 0 Å². The molecule has 1 heterocycles. The molecule has 3 heteroatoms. The monoisotopic (exact) mass is 268 g/mol. The molecule has 3 nitrogen and oxygen atoms in total. The lowest BCUT2D eigenvalue weighted by atomic mass is 10.1. The van der Waals surface area contributed by atoms with Gasteiger partial charge in [-0.15, -0.1) is 13.2 Å². The Balaban J connectivity index is 2.15. The van der Waals surface area contributed by atoms with Crippen LogP contribution in [0.5, 0.6) is 0 Å². The minimum absolute atomic E-state index is 0.540. The number of aliphatic hydroxyl groups is 1. The van der Waals surface area contributed by atoms with E-state index in [9.17, 15) is 5.11 Å². The lowest BCUT2D eigenvalue weighted by Crippen LogP contribution is -2.29. The molecule has 1 aromatic heterocycles. The van der Waals surface area contributed by atoms with E-state index in [2.05, 4.69) is 23.0 Å². The van der Waals surface area contributed by atoms with Crippen LogP contribution in [-0.4, -0.2) is 34.6 Å². The number of para-hydroxylation sites is 1. The number of pyridine rings is 1. The molecule has 0 bridgehead atoms. The van der Waals surface area contributed by atoms with Gasteiger partial charge in [0.05, 0.1) is 11.6 Å². The molecular weight excluding hydrogens is 248 g/mol. The van der Waals surface area contributed by atoms with E-state index in [4.69, 9.17) is 0 Å². The van der Waals surface area contributed by atoms with Gasteiger partial charge in [-0.05, 0) is 12.1 Å². The molecule has 0 aliphatic rings. The number of benzene rings is 1. The predicted octanol–water partition coefficient (Wildman–Crippen LogP) is 2.94. The average Bonchev–Trinajstić information content (AvgIpc) is 2.47. The maximum atomic E-state index is 10.4. The van der Waals surface area contributed by atoms with Crippen LogP contribution in [0, 0.1) is 0 Å². The Labute approximate surface area is 119 Å². The van der Waals surface area contributed by atoms with Crippen LogP contribution >= 0.6 is 0 Å². The van der Waals surface area contributed by atoms with Gasteiger partial charge in [0.1, 0.15) is 0 Å². The third-order valence-corrected chi connectivity index (χ3v) is 3.20. The van der Waals surface area contributed by atoms with Crippen molar-refractivity contribution < 1.29 is 5.11 Å². The van der Waals surface area contributed by atoms with Crippen LogP contribution in [0.1, 0.15) is 11.7 Å². The van der Waals surface area contributed by atoms with Gasteiger partial charge in [0, 0.05) is 36.8 Å². The maximum absolute atomic E-state index is 10.4. The third kappa shape index (κ3) is 3.53. The Morgan fingerprint density at radius 3 is 2.60 bits per heavy atom. The van der Waals surface area contributed by atoms with Crippen molar-refractivity contribution in [1.82, 2.24) is 9.88 Å². The highest BCUT2D eigenvalue weighted by Crippen LogP contribution is 2.19. The van der Waals surface area contributed by atoms with Crippen molar-refractivity contribution in [1.29, 1.82) is 0 Å². The summed E-state index contributed by atoms with van der Waals surface area (Å²) in [6.45, 7) is 9.46. The minimum Gasteiger partial charge on any atom is -0.387 e. The zero-order chi connectivity index (χ0) is 14.4. The second kappa shape index (κ2) is 6.98. The minimum atomic E-state index is -0.563. The summed E-state index contributed by atoms with van der Waals surface area (Å²) in [7, 11) is 0. The Kier molecular flexibility index (Phi) is 5.04. The third-order valence-electron chi connectivity index (χ3n) is 3.20. The van der Waals surface area contributed by atoms with Crippen LogP contribution in [0.15, 0.2) is 61.8 Å². The van der Waals surface area contributed by atoms with Crippen molar-refractivity contribution in [3.05, 3.63) is 67.4 Å². The van der Waals surface area contributed by atoms with Gasteiger partial charge in [-0.1, -0.05) is 30.4 Å². The summed E-state index contributed by atoms with van der Waals surface area (Å²) in [5.41, 5.74) is 1.78. The van der Waals surface area contributed by atoms with E-state index < -0.39 is 6.10 Å². The molecule has 1 unspecified atom stereocenters. The molecule has 0 aliphatic heterocycles. The molecule has 1 atom stereocenters. The first-order valence-electron chi connectivity index (χ1n) is 6.71. The van der Waals surface area contributed by atoms with Gasteiger partial charge in [-0.3, -0.25) is 9.88 Å². The molecule has 0 amide bonds. The molecule has 0 saturated carbocycles. The zero-order valence-electron chi connectivity index (χ0n) is 11.6. The first-order valence-corrected chi connectivity index (χ1v) is 6.71. The number of nitrogens with zero attached hydrogens (tertiary/aromatic N) is 2. The fourth-order valence-electron chi connectivity index (χ4n) is 2.21. The largest absolute Gasteiger partial charge is 0.387 e. The highest BCUT2D eigenvalue weighted by atomic mass is 16.3. The summed E-state index contributed by atoms with van der Waals surface area (Å²) in [5, 5.41) is 11.4. The molecule has 20 heavy (non-hydrogen) atoms. The molecule has 104 valence electrons. The van der Waals surface area contributed by atoms with Crippen LogP contribution < -0.4 is 0 Å². The molecule has 0 radical (unpaired) electrons. The SMILES string of the molecule is C=CCN(CC=C)CC(O)c1cnc2ccccc2c1.